The van der Waals surface area contributed by atoms with Crippen LogP contribution in [0.1, 0.15) is 11.5 Å². The molecule has 74 valence electrons. The summed E-state index contributed by atoms with van der Waals surface area (Å²) in [6.07, 6.45) is 0. The third-order valence-corrected chi connectivity index (χ3v) is 2.48. The van der Waals surface area contributed by atoms with Gasteiger partial charge in [-0.2, -0.15) is 0 Å². The van der Waals surface area contributed by atoms with Gasteiger partial charge >= 0.3 is 5.97 Å². The number of hydrogen-bond acceptors (Lipinski definition) is 1. The van der Waals surface area contributed by atoms with Crippen LogP contribution in [0.4, 0.5) is 8.78 Å². The van der Waals surface area contributed by atoms with Gasteiger partial charge in [0.1, 0.15) is 5.92 Å². The summed E-state index contributed by atoms with van der Waals surface area (Å²) in [5, 5.41) is 8.54. The van der Waals surface area contributed by atoms with Gasteiger partial charge in [-0.25, -0.2) is 8.78 Å². The maximum absolute atomic E-state index is 13.0. The minimum absolute atomic E-state index is 0.393. The van der Waals surface area contributed by atoms with Crippen LogP contribution in [0.2, 0.25) is 0 Å². The molecule has 1 aromatic carbocycles. The summed E-state index contributed by atoms with van der Waals surface area (Å²) in [7, 11) is 0. The normalized spacial score (nSPS) is 28.4. The average Bonchev–Trinajstić information content (AvgIpc) is 2.71. The fourth-order valence-corrected chi connectivity index (χ4v) is 1.71. The molecular weight excluding hydrogens is 190 g/mol. The topological polar surface area (TPSA) is 37.3 Å². The quantitative estimate of drug-likeness (QED) is 0.790. The third kappa shape index (κ3) is 1.18. The van der Waals surface area contributed by atoms with Crippen molar-refractivity contribution in [3.05, 3.63) is 35.9 Å². The fraction of sp³-hybridized carbons (Fsp3) is 0.300. The SMILES string of the molecule is O=C(O)[C@H]1[C@@H](c2ccccc2)C1(F)F. The highest BCUT2D eigenvalue weighted by molar-refractivity contribution is 5.78. The molecule has 0 radical (unpaired) electrons. The van der Waals surface area contributed by atoms with Gasteiger partial charge in [-0.15, -0.1) is 0 Å². The van der Waals surface area contributed by atoms with E-state index in [2.05, 4.69) is 0 Å². The second-order valence-corrected chi connectivity index (χ2v) is 3.38. The number of rotatable bonds is 2. The molecule has 1 fully saturated rings. The number of carboxylic acid groups (broad SMARTS) is 1. The van der Waals surface area contributed by atoms with Crippen LogP contribution in [0.5, 0.6) is 0 Å². The molecule has 0 spiro atoms. The standard InChI is InChI=1S/C10H8F2O2/c11-10(12)7(8(10)9(13)14)6-4-2-1-3-5-6/h1-5,7-8H,(H,13,14)/t7-,8-/m1/s1. The van der Waals surface area contributed by atoms with Gasteiger partial charge in [-0.05, 0) is 5.56 Å². The molecule has 1 saturated carbocycles. The lowest BCUT2D eigenvalue weighted by molar-refractivity contribution is -0.140. The van der Waals surface area contributed by atoms with Crippen LogP contribution < -0.4 is 0 Å². The van der Waals surface area contributed by atoms with Crippen LogP contribution in [0, 0.1) is 5.92 Å². The first kappa shape index (κ1) is 9.12. The highest BCUT2D eigenvalue weighted by Crippen LogP contribution is 2.61. The van der Waals surface area contributed by atoms with Crippen LogP contribution in [-0.4, -0.2) is 17.0 Å². The summed E-state index contributed by atoms with van der Waals surface area (Å²) in [5.74, 6) is -7.22. The average molecular weight is 198 g/mol. The van der Waals surface area contributed by atoms with Crippen molar-refractivity contribution in [2.24, 2.45) is 5.92 Å². The van der Waals surface area contributed by atoms with E-state index >= 15 is 0 Å². The number of hydrogen-bond donors (Lipinski definition) is 1. The van der Waals surface area contributed by atoms with E-state index in [0.29, 0.717) is 5.56 Å². The Balaban J connectivity index is 2.28. The number of carboxylic acids is 1. The van der Waals surface area contributed by atoms with Crippen LogP contribution in [0.3, 0.4) is 0 Å². The Bertz CT molecular complexity index is 362. The van der Waals surface area contributed by atoms with E-state index in [4.69, 9.17) is 5.11 Å². The summed E-state index contributed by atoms with van der Waals surface area (Å²) >= 11 is 0. The Kier molecular flexibility index (Phi) is 1.80. The molecule has 1 aliphatic rings. The molecule has 1 aromatic rings. The van der Waals surface area contributed by atoms with Crippen LogP contribution >= 0.6 is 0 Å². The molecule has 0 unspecified atom stereocenters. The molecule has 14 heavy (non-hydrogen) atoms. The predicted octanol–water partition coefficient (Wildman–Crippen LogP) is 2.12. The molecule has 4 heteroatoms. The molecule has 0 aromatic heterocycles. The molecule has 1 N–H and O–H groups in total. The van der Waals surface area contributed by atoms with Crippen molar-refractivity contribution in [1.29, 1.82) is 0 Å². The summed E-state index contributed by atoms with van der Waals surface area (Å²) < 4.78 is 26.0. The lowest BCUT2D eigenvalue weighted by Gasteiger charge is -1.95. The zero-order valence-corrected chi connectivity index (χ0v) is 7.15. The Hall–Kier alpha value is -1.45. The second kappa shape index (κ2) is 2.77. The van der Waals surface area contributed by atoms with E-state index < -0.39 is 23.7 Å². The first-order valence-electron chi connectivity index (χ1n) is 4.20. The van der Waals surface area contributed by atoms with E-state index in [9.17, 15) is 13.6 Å². The highest BCUT2D eigenvalue weighted by atomic mass is 19.3. The van der Waals surface area contributed by atoms with Gasteiger partial charge < -0.3 is 5.11 Å². The zero-order chi connectivity index (χ0) is 10.3. The number of aliphatic carboxylic acids is 1. The number of alkyl halides is 2. The van der Waals surface area contributed by atoms with Crippen molar-refractivity contribution in [2.75, 3.05) is 0 Å². The number of benzene rings is 1. The molecule has 0 heterocycles. The smallest absolute Gasteiger partial charge is 0.313 e. The van der Waals surface area contributed by atoms with Gasteiger partial charge in [0.2, 0.25) is 0 Å². The van der Waals surface area contributed by atoms with Crippen LogP contribution in [0.15, 0.2) is 30.3 Å². The first-order chi connectivity index (χ1) is 6.55. The Morgan fingerprint density at radius 3 is 2.29 bits per heavy atom. The zero-order valence-electron chi connectivity index (χ0n) is 7.15. The molecule has 2 rings (SSSR count). The molecule has 2 atom stereocenters. The summed E-state index contributed by atoms with van der Waals surface area (Å²) in [5.41, 5.74) is 0.393. The summed E-state index contributed by atoms with van der Waals surface area (Å²) in [4.78, 5) is 10.5. The van der Waals surface area contributed by atoms with Gasteiger partial charge in [-0.1, -0.05) is 30.3 Å². The summed E-state index contributed by atoms with van der Waals surface area (Å²) in [6.45, 7) is 0. The first-order valence-corrected chi connectivity index (χ1v) is 4.20. The van der Waals surface area contributed by atoms with Crippen LogP contribution in [-0.2, 0) is 4.79 Å². The molecule has 1 aliphatic carbocycles. The van der Waals surface area contributed by atoms with Gasteiger partial charge in [0, 0.05) is 0 Å². The largest absolute Gasteiger partial charge is 0.481 e. The van der Waals surface area contributed by atoms with Crippen molar-refractivity contribution in [2.45, 2.75) is 11.8 Å². The Labute approximate surface area is 79.2 Å². The van der Waals surface area contributed by atoms with Gasteiger partial charge in [0.25, 0.3) is 5.92 Å². The molecular formula is C10H8F2O2. The lowest BCUT2D eigenvalue weighted by atomic mass is 10.1. The minimum atomic E-state index is -3.09. The maximum atomic E-state index is 13.0. The highest BCUT2D eigenvalue weighted by Gasteiger charge is 2.72. The van der Waals surface area contributed by atoms with Gasteiger partial charge in [0.05, 0.1) is 5.92 Å². The molecule has 0 amide bonds. The van der Waals surface area contributed by atoms with Gasteiger partial charge in [-0.3, -0.25) is 4.79 Å². The van der Waals surface area contributed by atoms with Crippen molar-refractivity contribution in [3.63, 3.8) is 0 Å². The Morgan fingerprint density at radius 2 is 1.86 bits per heavy atom. The predicted molar refractivity (Wildman–Crippen MR) is 45.3 cm³/mol. The third-order valence-electron chi connectivity index (χ3n) is 2.48. The van der Waals surface area contributed by atoms with E-state index in [1.807, 2.05) is 0 Å². The molecule has 0 saturated heterocycles. The van der Waals surface area contributed by atoms with Crippen molar-refractivity contribution in [3.8, 4) is 0 Å². The van der Waals surface area contributed by atoms with E-state index in [0.717, 1.165) is 0 Å². The van der Waals surface area contributed by atoms with Crippen molar-refractivity contribution in [1.82, 2.24) is 0 Å². The number of halogens is 2. The van der Waals surface area contributed by atoms with Gasteiger partial charge in [0.15, 0.2) is 0 Å². The lowest BCUT2D eigenvalue weighted by Crippen LogP contribution is -2.04. The number of carbonyl (C=O) groups is 1. The maximum Gasteiger partial charge on any atom is 0.313 e. The minimum Gasteiger partial charge on any atom is -0.481 e. The van der Waals surface area contributed by atoms with Crippen molar-refractivity contribution < 1.29 is 18.7 Å². The monoisotopic (exact) mass is 198 g/mol. The summed E-state index contributed by atoms with van der Waals surface area (Å²) in [6, 6.07) is 8.02. The van der Waals surface area contributed by atoms with Crippen LogP contribution in [0.25, 0.3) is 0 Å². The van der Waals surface area contributed by atoms with E-state index in [1.165, 1.54) is 12.1 Å². The fourth-order valence-electron chi connectivity index (χ4n) is 1.71. The molecule has 2 nitrogen and oxygen atoms in total. The van der Waals surface area contributed by atoms with E-state index in [-0.39, 0.29) is 0 Å². The molecule has 0 aliphatic heterocycles. The van der Waals surface area contributed by atoms with E-state index in [1.54, 1.807) is 18.2 Å². The molecule has 0 bridgehead atoms. The Morgan fingerprint density at radius 1 is 1.29 bits per heavy atom. The van der Waals surface area contributed by atoms with Crippen molar-refractivity contribution >= 4 is 5.97 Å². The second-order valence-electron chi connectivity index (χ2n) is 3.38.